The zero-order valence-corrected chi connectivity index (χ0v) is 61.8. The number of amides is 2. The summed E-state index contributed by atoms with van der Waals surface area (Å²) in [5.74, 6) is -5.05. The van der Waals surface area contributed by atoms with E-state index in [2.05, 4.69) is 39.7 Å². The number of hydrogen-bond donors (Lipinski definition) is 32. The molecule has 0 saturated carbocycles. The lowest BCUT2D eigenvalue weighted by atomic mass is 10.0. The van der Waals surface area contributed by atoms with E-state index >= 15 is 0 Å². The van der Waals surface area contributed by atoms with E-state index in [1.54, 1.807) is 6.92 Å². The molecule has 95 heavy (non-hydrogen) atoms. The molecular weight excluding hydrogens is 1470 g/mol. The maximum absolute atomic E-state index is 10.6. The van der Waals surface area contributed by atoms with Crippen molar-refractivity contribution in [2.24, 2.45) is 40.1 Å². The molecule has 0 rings (SSSR count). The predicted molar refractivity (Wildman–Crippen MR) is 343 cm³/mol. The van der Waals surface area contributed by atoms with Crippen LogP contribution in [-0.4, -0.2) is 225 Å². The minimum absolute atomic E-state index is 0.0694. The van der Waals surface area contributed by atoms with E-state index in [1.807, 2.05) is 60.7 Å². The Morgan fingerprint density at radius 1 is 0.568 bits per heavy atom. The van der Waals surface area contributed by atoms with Gasteiger partial charge in [0.25, 0.3) is 11.1 Å². The number of nitrogens with one attached hydrogen (secondary N) is 2. The molecule has 0 saturated heterocycles. The summed E-state index contributed by atoms with van der Waals surface area (Å²) < 4.78 is 88.4. The number of nitrogens with two attached hydrogens (primary N) is 7. The van der Waals surface area contributed by atoms with Gasteiger partial charge < -0.3 is 155 Å². The predicted octanol–water partition coefficient (Wildman–Crippen LogP) is -1.19. The molecule has 39 N–H and O–H groups in total. The second-order valence-electron chi connectivity index (χ2n) is 15.3. The summed E-state index contributed by atoms with van der Waals surface area (Å²) in [5, 5.41) is 62.9. The van der Waals surface area contributed by atoms with Gasteiger partial charge in [-0.05, 0) is 63.3 Å². The fourth-order valence-corrected chi connectivity index (χ4v) is 6.22. The van der Waals surface area contributed by atoms with Gasteiger partial charge in [0.1, 0.15) is 11.8 Å². The van der Waals surface area contributed by atoms with Gasteiger partial charge in [-0.1, -0.05) is 54.0 Å². The summed E-state index contributed by atoms with van der Waals surface area (Å²) >= 11 is 0. The molecule has 2 amide bonds. The van der Waals surface area contributed by atoms with Gasteiger partial charge in [-0.25, -0.2) is 18.7 Å². The van der Waals surface area contributed by atoms with Crippen molar-refractivity contribution in [1.82, 2.24) is 10.6 Å². The number of allylic oxidation sites excluding steroid dienone is 4. The second-order valence-corrected chi connectivity index (χ2v) is 29.2. The van der Waals surface area contributed by atoms with Crippen LogP contribution in [0, 0.1) is 0 Å². The van der Waals surface area contributed by atoms with Crippen LogP contribution < -0.4 is 50.8 Å². The highest BCUT2D eigenvalue weighted by molar-refractivity contribution is 7.72. The molecule has 0 aliphatic rings. The molecule has 4 atom stereocenters. The van der Waals surface area contributed by atoms with E-state index in [9.17, 15) is 60.5 Å². The Kier molecular flexibility index (Phi) is 89.0. The van der Waals surface area contributed by atoms with Crippen LogP contribution in [0.2, 0.25) is 0 Å². The first-order valence-corrected chi connectivity index (χ1v) is 38.1. The zero-order chi connectivity index (χ0) is 80.9. The highest BCUT2D eigenvalue weighted by Crippen LogP contribution is 2.68. The lowest BCUT2D eigenvalue weighted by Crippen LogP contribution is -2.34. The fraction of sp³-hybridized carbons (Fsp3) is 0.744. The lowest BCUT2D eigenvalue weighted by molar-refractivity contribution is -0.139. The smallest absolute Gasteiger partial charge is 0.481 e. The molecular formula is C39H106N9O39P8+. The van der Waals surface area contributed by atoms with Gasteiger partial charge in [0.05, 0.1) is 32.5 Å². The van der Waals surface area contributed by atoms with Crippen molar-refractivity contribution < 1.29 is 189 Å². The van der Waals surface area contributed by atoms with Crippen LogP contribution in [-0.2, 0) is 64.7 Å². The maximum Gasteiger partial charge on any atom is 0.554 e. The van der Waals surface area contributed by atoms with Gasteiger partial charge in [0.2, 0.25) is 0 Å². The van der Waals surface area contributed by atoms with E-state index in [-0.39, 0.29) is 32.7 Å². The van der Waals surface area contributed by atoms with E-state index in [0.717, 1.165) is 18.9 Å². The number of phosphoric ester groups is 2. The first kappa shape index (κ1) is 125. The molecule has 0 radical (unpaired) electrons. The Balaban J connectivity index is -0.0000000639. The quantitative estimate of drug-likeness (QED) is 0.0474. The van der Waals surface area contributed by atoms with Gasteiger partial charge in [-0.3, -0.25) is 56.4 Å². The number of hydrogen-bond acceptors (Lipinski definition) is 25. The summed E-state index contributed by atoms with van der Waals surface area (Å²) in [5.41, 5.74) is 37.5. The van der Waals surface area contributed by atoms with Crippen LogP contribution >= 0.6 is 61.7 Å². The van der Waals surface area contributed by atoms with E-state index in [0.29, 0.717) is 12.6 Å². The molecule has 580 valence electrons. The Morgan fingerprint density at radius 2 is 0.874 bits per heavy atom. The van der Waals surface area contributed by atoms with Crippen LogP contribution in [0.25, 0.3) is 0 Å². The standard InChI is InChI=1S/C11H19NO2.C3H11NO7P2.C3H8NO6P.C3H7NO2.C2H8NO4P.C2H8NO3P.2C2H5NO2.C2H6O6P2.C2H4O2.3C2H6.CH6NO3P/c1-6-7(2)8(3)9(4)10(5)12-11(13)14;4-2-1-3(5,12(6,7)8)13(9,10)11;4-2(3(5)6)1-10-11(7,8)9;4-2-1-3(5)6;3-1-2-7-8(4,5)6;1-2(3)7(4,5)6;1-3-2(4)5;3-1-2(4)5;1-2(3,9(4)5)10(6,7)8;1-2(3)4;3*1-2;2-1-6(3,4)5/h12H,6H2,1-5H3,(H,13,14);5H,1-2,4H2,(H2,6,7,8)(H2,9,10,11);2H,1,4H2,(H,5,6)(H2,7,8,9);1-2,4H2,(H,5,6);1-3H2,(H2,4,5,6);2H,3H2,1H3,(H2,4,5,6);3H,1H3,(H,4,5);1,3H2,(H,4,5);3H,1H3,(H2-,4,5,6,7,8);1H3,(H,3,4);3*1-2H3;1-2H2,(H2,3,4,5)/p+1/b8-7+,10-9+;;;;;;;;;;;;;. The third-order valence-corrected chi connectivity index (χ3v) is 17.1. The van der Waals surface area contributed by atoms with Crippen LogP contribution in [0.3, 0.4) is 0 Å². The van der Waals surface area contributed by atoms with Crippen LogP contribution in [0.15, 0.2) is 22.4 Å². The number of aliphatic carboxylic acids is 4. The second kappa shape index (κ2) is 67.7. The molecule has 0 aromatic carbocycles. The third kappa shape index (κ3) is 104. The first-order chi connectivity index (χ1) is 42.1. The number of rotatable bonds is 21. The average molecular weight is 1570 g/mol. The molecule has 0 aliphatic heterocycles. The molecule has 0 aromatic rings. The summed E-state index contributed by atoms with van der Waals surface area (Å²) in [6.45, 7) is 23.6. The van der Waals surface area contributed by atoms with Crippen molar-refractivity contribution in [2.45, 2.75) is 138 Å². The molecule has 48 nitrogen and oxygen atoms in total. The largest absolute Gasteiger partial charge is 0.554 e. The number of aliphatic hydroxyl groups is 2. The van der Waals surface area contributed by atoms with Gasteiger partial charge in [0, 0.05) is 46.1 Å². The van der Waals surface area contributed by atoms with Crippen molar-refractivity contribution in [1.29, 1.82) is 0 Å². The number of carboxylic acid groups (broad SMARTS) is 6. The monoisotopic (exact) mass is 1570 g/mol. The maximum atomic E-state index is 10.6. The third-order valence-electron chi connectivity index (χ3n) is 7.55. The van der Waals surface area contributed by atoms with Crippen molar-refractivity contribution in [3.05, 3.63) is 22.4 Å². The normalized spacial score (nSPS) is 12.6. The SMILES string of the molecule is CC.CC.CC.CC(=O)O.CC(N)P(=O)(O)O.CC(O)([P+](=O)O)P(=O)(O)O.CC/C(C)=C(C)/C(C)=C(\C)NC(=O)O.CNC(=O)O.NC(COP(=O)(O)O)C(=O)O.NCC(=O)O.NCCC(=O)O.NCCC(O)(P(=O)(O)O)P(=O)(O)O.NCCOP(=O)(O)O.NCP(=O)(O)O. The first-order valence-electron chi connectivity index (χ1n) is 25.5. The Morgan fingerprint density at radius 3 is 0.979 bits per heavy atom. The lowest BCUT2D eigenvalue weighted by Gasteiger charge is -2.28. The Labute approximate surface area is 548 Å². The van der Waals surface area contributed by atoms with Gasteiger partial charge in [-0.15, -0.1) is 0 Å². The van der Waals surface area contributed by atoms with E-state index in [1.165, 1.54) is 25.1 Å². The Bertz CT molecular complexity index is 2430. The zero-order valence-electron chi connectivity index (χ0n) is 54.7. The minimum Gasteiger partial charge on any atom is -0.481 e. The van der Waals surface area contributed by atoms with Crippen molar-refractivity contribution in [3.63, 3.8) is 0 Å². The molecule has 0 spiro atoms. The molecule has 0 aromatic heterocycles. The molecule has 0 heterocycles. The van der Waals surface area contributed by atoms with Crippen LogP contribution in [0.1, 0.15) is 116 Å². The molecule has 4 unspecified atom stereocenters. The summed E-state index contributed by atoms with van der Waals surface area (Å²) in [6, 6.07) is -1.41. The van der Waals surface area contributed by atoms with Crippen molar-refractivity contribution >= 4 is 97.7 Å². The highest BCUT2D eigenvalue weighted by Gasteiger charge is 2.59. The highest BCUT2D eigenvalue weighted by atomic mass is 31.2. The van der Waals surface area contributed by atoms with Gasteiger partial charge in [0.15, 0.2) is 0 Å². The summed E-state index contributed by atoms with van der Waals surface area (Å²) in [6.07, 6.45) is -2.38. The Hall–Kier alpha value is -3.43. The van der Waals surface area contributed by atoms with E-state index in [4.69, 9.17) is 148 Å². The van der Waals surface area contributed by atoms with Gasteiger partial charge in [-0.2, -0.15) is 4.89 Å². The van der Waals surface area contributed by atoms with Crippen molar-refractivity contribution in [3.8, 4) is 0 Å². The van der Waals surface area contributed by atoms with Crippen LogP contribution in [0.5, 0.6) is 0 Å². The average Bonchev–Trinajstić information content (AvgIpc) is 0.785. The number of carbonyl (C=O) groups is 6. The summed E-state index contributed by atoms with van der Waals surface area (Å²) in [7, 11) is -34.2. The molecule has 0 aliphatic carbocycles. The van der Waals surface area contributed by atoms with Crippen LogP contribution in [0.4, 0.5) is 9.59 Å². The summed E-state index contributed by atoms with van der Waals surface area (Å²) in [4.78, 5) is 180. The minimum atomic E-state index is -5.31. The topological polar surface area (TPSA) is 929 Å². The van der Waals surface area contributed by atoms with E-state index < -0.39 is 146 Å². The number of phosphoric acid groups is 2. The molecule has 0 bridgehead atoms. The fourth-order valence-electron chi connectivity index (χ4n) is 2.43. The van der Waals surface area contributed by atoms with Gasteiger partial charge >= 0.3 is 96.8 Å². The molecule has 56 heteroatoms. The molecule has 0 fully saturated rings. The van der Waals surface area contributed by atoms with Crippen molar-refractivity contribution in [2.75, 3.05) is 52.7 Å². The number of carboxylic acids is 4.